The number of carbonyl (C=O) groups is 1. The fraction of sp³-hybridized carbons (Fsp3) is 0.900. The second-order valence-electron chi connectivity index (χ2n) is 3.69. The minimum atomic E-state index is 0.0971. The topological polar surface area (TPSA) is 52.6 Å². The third-order valence-electron chi connectivity index (χ3n) is 2.65. The summed E-state index contributed by atoms with van der Waals surface area (Å²) in [6, 6.07) is 0. The van der Waals surface area contributed by atoms with Crippen molar-refractivity contribution in [2.24, 2.45) is 0 Å². The van der Waals surface area contributed by atoms with E-state index in [1.165, 1.54) is 6.42 Å². The number of likely N-dealkylation sites (tertiary alicyclic amines) is 1. The fourth-order valence-electron chi connectivity index (χ4n) is 1.84. The van der Waals surface area contributed by atoms with E-state index in [0.717, 1.165) is 19.4 Å². The monoisotopic (exact) mass is 200 g/mol. The first-order chi connectivity index (χ1) is 6.77. The van der Waals surface area contributed by atoms with Crippen molar-refractivity contribution in [2.45, 2.75) is 38.8 Å². The third kappa shape index (κ3) is 3.27. The molecule has 1 rings (SSSR count). The molecule has 0 saturated carbocycles. The van der Waals surface area contributed by atoms with Gasteiger partial charge >= 0.3 is 0 Å². The molecule has 1 saturated heterocycles. The molecule has 0 aromatic rings. The average Bonchev–Trinajstić information content (AvgIpc) is 2.21. The number of amides is 1. The van der Waals surface area contributed by atoms with Gasteiger partial charge in [-0.2, -0.15) is 0 Å². The Bertz CT molecular complexity index is 183. The zero-order valence-electron chi connectivity index (χ0n) is 8.83. The van der Waals surface area contributed by atoms with E-state index in [-0.39, 0.29) is 18.7 Å². The number of hydrogen-bond donors (Lipinski definition) is 2. The van der Waals surface area contributed by atoms with Crippen molar-refractivity contribution in [3.63, 3.8) is 0 Å². The van der Waals surface area contributed by atoms with Crippen LogP contribution in [-0.4, -0.2) is 41.8 Å². The molecule has 4 nitrogen and oxygen atoms in total. The molecular weight excluding hydrogens is 180 g/mol. The lowest BCUT2D eigenvalue weighted by molar-refractivity contribution is -0.123. The van der Waals surface area contributed by atoms with Gasteiger partial charge in [0.05, 0.1) is 12.8 Å². The summed E-state index contributed by atoms with van der Waals surface area (Å²) in [5, 5.41) is 11.9. The molecule has 2 N–H and O–H groups in total. The van der Waals surface area contributed by atoms with E-state index in [2.05, 4.69) is 10.2 Å². The predicted molar refractivity (Wildman–Crippen MR) is 54.7 cm³/mol. The second-order valence-corrected chi connectivity index (χ2v) is 3.69. The fourth-order valence-corrected chi connectivity index (χ4v) is 1.84. The lowest BCUT2D eigenvalue weighted by Crippen LogP contribution is -2.51. The van der Waals surface area contributed by atoms with Gasteiger partial charge in [0.2, 0.25) is 5.91 Å². The number of nitrogens with zero attached hydrogens (tertiary/aromatic N) is 1. The van der Waals surface area contributed by atoms with Crippen molar-refractivity contribution in [1.82, 2.24) is 10.2 Å². The average molecular weight is 200 g/mol. The smallest absolute Gasteiger partial charge is 0.220 e. The van der Waals surface area contributed by atoms with Crippen LogP contribution in [0.5, 0.6) is 0 Å². The number of nitrogens with one attached hydrogen (secondary N) is 1. The van der Waals surface area contributed by atoms with Crippen LogP contribution in [-0.2, 0) is 4.79 Å². The number of piperidine rings is 1. The first kappa shape index (κ1) is 11.5. The van der Waals surface area contributed by atoms with E-state index in [9.17, 15) is 4.79 Å². The lowest BCUT2D eigenvalue weighted by atomic mass is 10.1. The first-order valence-corrected chi connectivity index (χ1v) is 5.42. The van der Waals surface area contributed by atoms with Crippen LogP contribution < -0.4 is 5.32 Å². The summed E-state index contributed by atoms with van der Waals surface area (Å²) in [5.74, 6) is 0.0971. The Hall–Kier alpha value is -0.610. The van der Waals surface area contributed by atoms with Crippen LogP contribution in [0.4, 0.5) is 0 Å². The van der Waals surface area contributed by atoms with Crippen LogP contribution in [0, 0.1) is 0 Å². The molecule has 1 aliphatic rings. The van der Waals surface area contributed by atoms with Crippen molar-refractivity contribution >= 4 is 5.91 Å². The van der Waals surface area contributed by atoms with Gasteiger partial charge < -0.3 is 10.4 Å². The van der Waals surface area contributed by atoms with E-state index < -0.39 is 0 Å². The Labute approximate surface area is 85.3 Å². The normalized spacial score (nSPS) is 23.4. The van der Waals surface area contributed by atoms with Gasteiger partial charge in [0.25, 0.3) is 0 Å². The molecule has 82 valence electrons. The molecule has 0 radical (unpaired) electrons. The number of aliphatic hydroxyl groups is 1. The molecule has 1 amide bonds. The second kappa shape index (κ2) is 5.98. The van der Waals surface area contributed by atoms with Crippen molar-refractivity contribution in [1.29, 1.82) is 0 Å². The van der Waals surface area contributed by atoms with Crippen molar-refractivity contribution in [2.75, 3.05) is 19.7 Å². The van der Waals surface area contributed by atoms with Gasteiger partial charge in [-0.15, -0.1) is 0 Å². The predicted octanol–water partition coefficient (Wildman–Crippen LogP) is 0.317. The quantitative estimate of drug-likeness (QED) is 0.687. The highest BCUT2D eigenvalue weighted by atomic mass is 16.3. The molecule has 1 atom stereocenters. The summed E-state index contributed by atoms with van der Waals surface area (Å²) in [7, 11) is 0. The molecule has 1 aliphatic heterocycles. The molecule has 14 heavy (non-hydrogen) atoms. The molecule has 0 spiro atoms. The highest BCUT2D eigenvalue weighted by Gasteiger charge is 2.22. The zero-order valence-corrected chi connectivity index (χ0v) is 8.83. The van der Waals surface area contributed by atoms with Gasteiger partial charge in [-0.1, -0.05) is 6.92 Å². The van der Waals surface area contributed by atoms with E-state index in [1.807, 2.05) is 6.92 Å². The Balaban J connectivity index is 2.41. The van der Waals surface area contributed by atoms with Gasteiger partial charge in [-0.25, -0.2) is 0 Å². The van der Waals surface area contributed by atoms with E-state index in [4.69, 9.17) is 5.11 Å². The molecule has 1 fully saturated rings. The summed E-state index contributed by atoms with van der Waals surface area (Å²) in [5.41, 5.74) is 0. The number of aliphatic hydroxyl groups excluding tert-OH is 1. The van der Waals surface area contributed by atoms with Crippen molar-refractivity contribution in [3.05, 3.63) is 0 Å². The summed E-state index contributed by atoms with van der Waals surface area (Å²) < 4.78 is 0. The highest BCUT2D eigenvalue weighted by Crippen LogP contribution is 2.14. The number of hydrogen-bond acceptors (Lipinski definition) is 3. The summed E-state index contributed by atoms with van der Waals surface area (Å²) in [4.78, 5) is 13.4. The Morgan fingerprint density at radius 3 is 3.00 bits per heavy atom. The van der Waals surface area contributed by atoms with Crippen LogP contribution in [0.25, 0.3) is 0 Å². The zero-order chi connectivity index (χ0) is 10.4. The maximum atomic E-state index is 11.2. The Kier molecular flexibility index (Phi) is 4.90. The largest absolute Gasteiger partial charge is 0.395 e. The van der Waals surface area contributed by atoms with Crippen molar-refractivity contribution in [3.8, 4) is 0 Å². The molecule has 0 aliphatic carbocycles. The van der Waals surface area contributed by atoms with E-state index >= 15 is 0 Å². The summed E-state index contributed by atoms with van der Waals surface area (Å²) in [6.07, 6.45) is 4.01. The maximum absolute atomic E-state index is 11.2. The minimum Gasteiger partial charge on any atom is -0.395 e. The van der Waals surface area contributed by atoms with Gasteiger partial charge in [0, 0.05) is 19.5 Å². The van der Waals surface area contributed by atoms with Crippen molar-refractivity contribution < 1.29 is 9.90 Å². The van der Waals surface area contributed by atoms with Crippen LogP contribution in [0.15, 0.2) is 0 Å². The molecule has 0 aromatic heterocycles. The van der Waals surface area contributed by atoms with Gasteiger partial charge in [0.15, 0.2) is 0 Å². The molecule has 1 unspecified atom stereocenters. The van der Waals surface area contributed by atoms with Crippen LogP contribution in [0.2, 0.25) is 0 Å². The third-order valence-corrected chi connectivity index (χ3v) is 2.65. The molecule has 0 aromatic carbocycles. The minimum absolute atomic E-state index is 0.0971. The maximum Gasteiger partial charge on any atom is 0.220 e. The molecule has 0 bridgehead atoms. The van der Waals surface area contributed by atoms with Crippen LogP contribution >= 0.6 is 0 Å². The SMILES string of the molecule is CCC(=O)NC1CCCCN1CCO. The Morgan fingerprint density at radius 1 is 1.57 bits per heavy atom. The van der Waals surface area contributed by atoms with E-state index in [1.54, 1.807) is 0 Å². The standard InChI is InChI=1S/C10H20N2O2/c1-2-10(14)11-9-5-3-4-6-12(9)7-8-13/h9,13H,2-8H2,1H3,(H,11,14). The van der Waals surface area contributed by atoms with Gasteiger partial charge in [0.1, 0.15) is 0 Å². The first-order valence-electron chi connectivity index (χ1n) is 5.42. The van der Waals surface area contributed by atoms with Gasteiger partial charge in [-0.05, 0) is 19.3 Å². The van der Waals surface area contributed by atoms with Crippen LogP contribution in [0.1, 0.15) is 32.6 Å². The summed E-state index contributed by atoms with van der Waals surface area (Å²) >= 11 is 0. The van der Waals surface area contributed by atoms with E-state index in [0.29, 0.717) is 13.0 Å². The van der Waals surface area contributed by atoms with Crippen LogP contribution in [0.3, 0.4) is 0 Å². The number of rotatable bonds is 4. The molecule has 1 heterocycles. The molecular formula is C10H20N2O2. The van der Waals surface area contributed by atoms with Gasteiger partial charge in [-0.3, -0.25) is 9.69 Å². The highest BCUT2D eigenvalue weighted by molar-refractivity contribution is 5.75. The molecule has 4 heteroatoms. The summed E-state index contributed by atoms with van der Waals surface area (Å²) in [6.45, 7) is 3.66. The Morgan fingerprint density at radius 2 is 2.36 bits per heavy atom. The lowest BCUT2D eigenvalue weighted by Gasteiger charge is -2.35. The number of β-amino-alcohol motifs (C(OH)–C–C–N with tert-alkyl or cyclic N) is 1. The number of carbonyl (C=O) groups excluding carboxylic acids is 1.